The van der Waals surface area contributed by atoms with E-state index in [4.69, 9.17) is 27.0 Å². The van der Waals surface area contributed by atoms with Crippen molar-refractivity contribution in [3.63, 3.8) is 0 Å². The van der Waals surface area contributed by atoms with Gasteiger partial charge < -0.3 is 4.74 Å². The van der Waals surface area contributed by atoms with Crippen LogP contribution in [0.25, 0.3) is 0 Å². The molecule has 0 amide bonds. The van der Waals surface area contributed by atoms with Gasteiger partial charge >= 0.3 is 0 Å². The van der Waals surface area contributed by atoms with Crippen molar-refractivity contribution in [1.82, 2.24) is 0 Å². The van der Waals surface area contributed by atoms with Crippen LogP contribution in [0.2, 0.25) is 5.02 Å². The predicted octanol–water partition coefficient (Wildman–Crippen LogP) is 3.23. The third-order valence-corrected chi connectivity index (χ3v) is 3.72. The third kappa shape index (κ3) is 5.61. The van der Waals surface area contributed by atoms with Crippen molar-refractivity contribution in [3.05, 3.63) is 28.8 Å². The van der Waals surface area contributed by atoms with Crippen LogP contribution in [-0.2, 0) is 9.05 Å². The quantitative estimate of drug-likeness (QED) is 0.784. The number of hydrogen-bond donors (Lipinski definition) is 0. The Hall–Kier alpha value is -0.450. The zero-order valence-corrected chi connectivity index (χ0v) is 11.9. The van der Waals surface area contributed by atoms with E-state index in [-0.39, 0.29) is 11.7 Å². The molecule has 1 unspecified atom stereocenters. The molecule has 0 aliphatic heterocycles. The van der Waals surface area contributed by atoms with Gasteiger partial charge in [0.1, 0.15) is 5.75 Å². The van der Waals surface area contributed by atoms with Crippen LogP contribution in [0, 0.1) is 12.8 Å². The lowest BCUT2D eigenvalue weighted by Crippen LogP contribution is -2.16. The Morgan fingerprint density at radius 3 is 2.59 bits per heavy atom. The second-order valence-electron chi connectivity index (χ2n) is 4.03. The number of halogens is 2. The number of aryl methyl sites for hydroxylation is 1. The summed E-state index contributed by atoms with van der Waals surface area (Å²) in [7, 11) is 1.69. The minimum Gasteiger partial charge on any atom is -0.493 e. The lowest BCUT2D eigenvalue weighted by molar-refractivity contribution is 0.270. The van der Waals surface area contributed by atoms with Crippen molar-refractivity contribution in [2.45, 2.75) is 13.8 Å². The molecule has 1 aromatic rings. The van der Waals surface area contributed by atoms with E-state index in [0.29, 0.717) is 17.4 Å². The maximum atomic E-state index is 10.9. The van der Waals surface area contributed by atoms with E-state index in [1.54, 1.807) is 25.1 Å². The molecule has 0 bridgehead atoms. The van der Waals surface area contributed by atoms with Crippen LogP contribution in [-0.4, -0.2) is 20.8 Å². The molecule has 0 N–H and O–H groups in total. The zero-order chi connectivity index (χ0) is 13.1. The summed E-state index contributed by atoms with van der Waals surface area (Å²) in [6, 6.07) is 5.28. The lowest BCUT2D eigenvalue weighted by Gasteiger charge is -2.13. The molecular weight excluding hydrogens is 283 g/mol. The van der Waals surface area contributed by atoms with Crippen molar-refractivity contribution in [2.24, 2.45) is 5.92 Å². The van der Waals surface area contributed by atoms with Crippen LogP contribution in [0.4, 0.5) is 0 Å². The fraction of sp³-hybridized carbons (Fsp3) is 0.455. The molecule has 0 spiro atoms. The molecular formula is C11H14Cl2O3S. The van der Waals surface area contributed by atoms with E-state index < -0.39 is 9.05 Å². The Morgan fingerprint density at radius 1 is 1.41 bits per heavy atom. The first-order valence-corrected chi connectivity index (χ1v) is 7.95. The Labute approximate surface area is 111 Å². The van der Waals surface area contributed by atoms with Crippen molar-refractivity contribution in [3.8, 4) is 5.75 Å². The molecule has 96 valence electrons. The van der Waals surface area contributed by atoms with E-state index in [1.165, 1.54) is 0 Å². The molecule has 0 aliphatic rings. The Bertz CT molecular complexity index is 485. The first kappa shape index (κ1) is 14.6. The van der Waals surface area contributed by atoms with Crippen LogP contribution in [0.5, 0.6) is 5.75 Å². The highest BCUT2D eigenvalue weighted by molar-refractivity contribution is 8.13. The fourth-order valence-electron chi connectivity index (χ4n) is 1.39. The maximum Gasteiger partial charge on any atom is 0.232 e. The summed E-state index contributed by atoms with van der Waals surface area (Å²) in [5, 5.41) is 0.645. The normalized spacial score (nSPS) is 13.4. The van der Waals surface area contributed by atoms with E-state index in [2.05, 4.69) is 0 Å². The Morgan fingerprint density at radius 2 is 2.06 bits per heavy atom. The Kier molecular flexibility index (Phi) is 5.10. The van der Waals surface area contributed by atoms with Crippen LogP contribution in [0.3, 0.4) is 0 Å². The van der Waals surface area contributed by atoms with Crippen LogP contribution < -0.4 is 4.74 Å². The van der Waals surface area contributed by atoms with Crippen molar-refractivity contribution < 1.29 is 13.2 Å². The zero-order valence-electron chi connectivity index (χ0n) is 9.61. The summed E-state index contributed by atoms with van der Waals surface area (Å²) in [6.45, 7) is 3.95. The molecule has 1 aromatic carbocycles. The van der Waals surface area contributed by atoms with Gasteiger partial charge in [-0.15, -0.1) is 0 Å². The molecule has 17 heavy (non-hydrogen) atoms. The second-order valence-corrected chi connectivity index (χ2v) is 7.29. The molecule has 1 atom stereocenters. The predicted molar refractivity (Wildman–Crippen MR) is 70.5 cm³/mol. The minimum absolute atomic E-state index is 0.0960. The van der Waals surface area contributed by atoms with Gasteiger partial charge in [0, 0.05) is 21.6 Å². The molecule has 0 saturated heterocycles. The molecule has 1 rings (SSSR count). The molecule has 0 aliphatic carbocycles. The SMILES string of the molecule is Cc1cc(Cl)ccc1OCC(C)CS(=O)(=O)Cl. The van der Waals surface area contributed by atoms with Gasteiger partial charge in [0.05, 0.1) is 12.4 Å². The van der Waals surface area contributed by atoms with E-state index in [1.807, 2.05) is 6.92 Å². The standard InChI is InChI=1S/C11H14Cl2O3S/c1-8(7-17(13,14)15)6-16-11-4-3-10(12)5-9(11)2/h3-5,8H,6-7H2,1-2H3. The molecule has 0 aromatic heterocycles. The average Bonchev–Trinajstić information content (AvgIpc) is 2.13. The van der Waals surface area contributed by atoms with Crippen LogP contribution >= 0.6 is 22.3 Å². The fourth-order valence-corrected chi connectivity index (χ4v) is 3.04. The van der Waals surface area contributed by atoms with Crippen molar-refractivity contribution in [1.29, 1.82) is 0 Å². The maximum absolute atomic E-state index is 10.9. The summed E-state index contributed by atoms with van der Waals surface area (Å²) >= 11 is 5.81. The van der Waals surface area contributed by atoms with Crippen LogP contribution in [0.1, 0.15) is 12.5 Å². The molecule has 6 heteroatoms. The van der Waals surface area contributed by atoms with E-state index >= 15 is 0 Å². The van der Waals surface area contributed by atoms with Gasteiger partial charge in [-0.1, -0.05) is 18.5 Å². The first-order valence-electron chi connectivity index (χ1n) is 5.09. The lowest BCUT2D eigenvalue weighted by atomic mass is 10.2. The third-order valence-electron chi connectivity index (χ3n) is 2.14. The topological polar surface area (TPSA) is 43.4 Å². The average molecular weight is 297 g/mol. The van der Waals surface area contributed by atoms with Gasteiger partial charge in [-0.25, -0.2) is 8.42 Å². The van der Waals surface area contributed by atoms with Crippen molar-refractivity contribution >= 4 is 31.3 Å². The summed E-state index contributed by atoms with van der Waals surface area (Å²) in [5.74, 6) is 0.446. The molecule has 0 fully saturated rings. The van der Waals surface area contributed by atoms with E-state index in [0.717, 1.165) is 5.56 Å². The molecule has 3 nitrogen and oxygen atoms in total. The summed E-state index contributed by atoms with van der Waals surface area (Å²) in [4.78, 5) is 0. The Balaban J connectivity index is 2.56. The van der Waals surface area contributed by atoms with Gasteiger partial charge in [-0.05, 0) is 30.7 Å². The number of benzene rings is 1. The number of rotatable bonds is 5. The monoisotopic (exact) mass is 296 g/mol. The highest BCUT2D eigenvalue weighted by atomic mass is 35.7. The van der Waals surface area contributed by atoms with Gasteiger partial charge in [-0.2, -0.15) is 0 Å². The number of hydrogen-bond acceptors (Lipinski definition) is 3. The minimum atomic E-state index is -3.47. The summed E-state index contributed by atoms with van der Waals surface area (Å²) < 4.78 is 27.2. The first-order chi connectivity index (χ1) is 7.78. The smallest absolute Gasteiger partial charge is 0.232 e. The largest absolute Gasteiger partial charge is 0.493 e. The molecule has 0 saturated carbocycles. The highest BCUT2D eigenvalue weighted by Crippen LogP contribution is 2.22. The second kappa shape index (κ2) is 5.94. The summed E-state index contributed by atoms with van der Waals surface area (Å²) in [5.41, 5.74) is 0.915. The molecule has 0 heterocycles. The molecule has 0 radical (unpaired) electrons. The summed E-state index contributed by atoms with van der Waals surface area (Å²) in [6.07, 6.45) is 0. The van der Waals surface area contributed by atoms with Crippen molar-refractivity contribution in [2.75, 3.05) is 12.4 Å². The van der Waals surface area contributed by atoms with E-state index in [9.17, 15) is 8.42 Å². The van der Waals surface area contributed by atoms with Gasteiger partial charge in [-0.3, -0.25) is 0 Å². The van der Waals surface area contributed by atoms with Crippen LogP contribution in [0.15, 0.2) is 18.2 Å². The van der Waals surface area contributed by atoms with Gasteiger partial charge in [0.2, 0.25) is 9.05 Å². The van der Waals surface area contributed by atoms with Gasteiger partial charge in [0.25, 0.3) is 0 Å². The van der Waals surface area contributed by atoms with Gasteiger partial charge in [0.15, 0.2) is 0 Å². The number of ether oxygens (including phenoxy) is 1. The highest BCUT2D eigenvalue weighted by Gasteiger charge is 2.13.